The summed E-state index contributed by atoms with van der Waals surface area (Å²) in [4.78, 5) is 27.7. The molecule has 1 fully saturated rings. The molecule has 2 aromatic carbocycles. The second kappa shape index (κ2) is 7.26. The minimum Gasteiger partial charge on any atom is -0.378 e. The summed E-state index contributed by atoms with van der Waals surface area (Å²) >= 11 is 6.21. The lowest BCUT2D eigenvalue weighted by Crippen LogP contribution is -2.50. The lowest BCUT2D eigenvalue weighted by atomic mass is 10.1. The van der Waals surface area contributed by atoms with Crippen LogP contribution in [0.5, 0.6) is 0 Å². The highest BCUT2D eigenvalue weighted by Crippen LogP contribution is 2.31. The van der Waals surface area contributed by atoms with Crippen LogP contribution in [0.15, 0.2) is 42.5 Å². The van der Waals surface area contributed by atoms with Crippen LogP contribution in [-0.4, -0.2) is 48.1 Å². The van der Waals surface area contributed by atoms with E-state index >= 15 is 0 Å². The second-order valence-electron chi connectivity index (χ2n) is 6.66. The van der Waals surface area contributed by atoms with Crippen LogP contribution in [0, 0.1) is 10.1 Å². The van der Waals surface area contributed by atoms with Gasteiger partial charge in [-0.25, -0.2) is 0 Å². The molecule has 1 atom stereocenters. The van der Waals surface area contributed by atoms with Crippen molar-refractivity contribution in [1.82, 2.24) is 4.90 Å². The maximum absolute atomic E-state index is 13.3. The molecule has 2 aliphatic rings. The summed E-state index contributed by atoms with van der Waals surface area (Å²) in [6, 6.07) is 11.8. The van der Waals surface area contributed by atoms with Gasteiger partial charge in [0, 0.05) is 37.5 Å². The monoisotopic (exact) mass is 387 g/mol. The number of anilines is 1. The van der Waals surface area contributed by atoms with E-state index in [1.807, 2.05) is 24.3 Å². The number of hydrogen-bond acceptors (Lipinski definition) is 5. The zero-order valence-electron chi connectivity index (χ0n) is 14.5. The fourth-order valence-corrected chi connectivity index (χ4v) is 3.89. The molecule has 8 heteroatoms. The number of benzene rings is 2. The van der Waals surface area contributed by atoms with Gasteiger partial charge in [0.15, 0.2) is 0 Å². The van der Waals surface area contributed by atoms with Crippen LogP contribution in [0.1, 0.15) is 15.9 Å². The number of nitro groups is 1. The molecule has 7 nitrogen and oxygen atoms in total. The highest BCUT2D eigenvalue weighted by molar-refractivity contribution is 6.34. The van der Waals surface area contributed by atoms with Crippen LogP contribution in [0.2, 0.25) is 5.02 Å². The predicted molar refractivity (Wildman–Crippen MR) is 101 cm³/mol. The predicted octanol–water partition coefficient (Wildman–Crippen LogP) is 3.11. The summed E-state index contributed by atoms with van der Waals surface area (Å²) in [5, 5.41) is 11.0. The Morgan fingerprint density at radius 3 is 2.85 bits per heavy atom. The third-order valence-electron chi connectivity index (χ3n) is 5.04. The minimum atomic E-state index is -0.529. The van der Waals surface area contributed by atoms with E-state index in [2.05, 4.69) is 4.90 Å². The number of non-ortho nitro benzene ring substituents is 1. The molecule has 0 spiro atoms. The Morgan fingerprint density at radius 2 is 2.07 bits per heavy atom. The molecule has 1 amide bonds. The maximum Gasteiger partial charge on any atom is 0.270 e. The van der Waals surface area contributed by atoms with Gasteiger partial charge >= 0.3 is 0 Å². The summed E-state index contributed by atoms with van der Waals surface area (Å²) < 4.78 is 5.61. The number of para-hydroxylation sites is 1. The summed E-state index contributed by atoms with van der Waals surface area (Å²) in [6.07, 6.45) is 0. The number of amides is 1. The van der Waals surface area contributed by atoms with Crippen LogP contribution >= 0.6 is 11.6 Å². The first-order valence-electron chi connectivity index (χ1n) is 8.70. The van der Waals surface area contributed by atoms with Crippen molar-refractivity contribution in [3.63, 3.8) is 0 Å². The second-order valence-corrected chi connectivity index (χ2v) is 7.07. The van der Waals surface area contributed by atoms with Crippen molar-refractivity contribution in [3.8, 4) is 0 Å². The first kappa shape index (κ1) is 17.9. The van der Waals surface area contributed by atoms with E-state index < -0.39 is 4.92 Å². The van der Waals surface area contributed by atoms with Crippen molar-refractivity contribution in [2.75, 3.05) is 31.2 Å². The molecule has 0 aliphatic carbocycles. The molecule has 2 aliphatic heterocycles. The third kappa shape index (κ3) is 3.41. The molecular weight excluding hydrogens is 370 g/mol. The van der Waals surface area contributed by atoms with E-state index in [9.17, 15) is 14.9 Å². The SMILES string of the molecule is O=C(c1ccc([N+](=O)[O-])cc1Cl)N1C[C@H]2COCCN2Cc2ccccc21. The normalized spacial score (nSPS) is 19.7. The largest absolute Gasteiger partial charge is 0.378 e. The fourth-order valence-electron chi connectivity index (χ4n) is 3.63. The van der Waals surface area contributed by atoms with E-state index in [1.165, 1.54) is 18.2 Å². The number of carbonyl (C=O) groups excluding carboxylic acids is 1. The van der Waals surface area contributed by atoms with Crippen molar-refractivity contribution in [1.29, 1.82) is 0 Å². The maximum atomic E-state index is 13.3. The topological polar surface area (TPSA) is 75.9 Å². The van der Waals surface area contributed by atoms with E-state index in [0.717, 1.165) is 24.3 Å². The number of carbonyl (C=O) groups is 1. The molecular formula is C19H18ClN3O4. The third-order valence-corrected chi connectivity index (χ3v) is 5.35. The molecule has 1 saturated heterocycles. The van der Waals surface area contributed by atoms with Gasteiger partial charge in [-0.1, -0.05) is 29.8 Å². The molecule has 0 aromatic heterocycles. The Kier molecular flexibility index (Phi) is 4.82. The average molecular weight is 388 g/mol. The van der Waals surface area contributed by atoms with Crippen molar-refractivity contribution in [2.24, 2.45) is 0 Å². The first-order valence-corrected chi connectivity index (χ1v) is 9.08. The van der Waals surface area contributed by atoms with Crippen LogP contribution < -0.4 is 4.90 Å². The number of fused-ring (bicyclic) bond motifs is 2. The van der Waals surface area contributed by atoms with E-state index in [-0.39, 0.29) is 28.2 Å². The number of nitrogens with zero attached hydrogens (tertiary/aromatic N) is 3. The van der Waals surface area contributed by atoms with Crippen LogP contribution in [-0.2, 0) is 11.3 Å². The molecule has 2 aromatic rings. The Hall–Kier alpha value is -2.48. The molecule has 0 unspecified atom stereocenters. The molecule has 0 bridgehead atoms. The van der Waals surface area contributed by atoms with Crippen LogP contribution in [0.4, 0.5) is 11.4 Å². The molecule has 2 heterocycles. The number of nitro benzene ring substituents is 1. The zero-order chi connectivity index (χ0) is 19.0. The van der Waals surface area contributed by atoms with Gasteiger partial charge in [-0.15, -0.1) is 0 Å². The summed E-state index contributed by atoms with van der Waals surface area (Å²) in [6.45, 7) is 3.29. The average Bonchev–Trinajstić information content (AvgIpc) is 2.84. The fraction of sp³-hybridized carbons (Fsp3) is 0.316. The molecule has 0 radical (unpaired) electrons. The van der Waals surface area contributed by atoms with Crippen LogP contribution in [0.25, 0.3) is 0 Å². The quantitative estimate of drug-likeness (QED) is 0.584. The Balaban J connectivity index is 1.73. The van der Waals surface area contributed by atoms with Gasteiger partial charge in [-0.05, 0) is 17.7 Å². The number of hydrogen-bond donors (Lipinski definition) is 0. The van der Waals surface area contributed by atoms with Crippen LogP contribution in [0.3, 0.4) is 0 Å². The number of halogens is 1. The van der Waals surface area contributed by atoms with Gasteiger partial charge < -0.3 is 9.64 Å². The van der Waals surface area contributed by atoms with Crippen molar-refractivity contribution in [2.45, 2.75) is 12.6 Å². The lowest BCUT2D eigenvalue weighted by molar-refractivity contribution is -0.384. The van der Waals surface area contributed by atoms with E-state index in [4.69, 9.17) is 16.3 Å². The highest BCUT2D eigenvalue weighted by Gasteiger charge is 2.33. The smallest absolute Gasteiger partial charge is 0.270 e. The van der Waals surface area contributed by atoms with Gasteiger partial charge in [-0.2, -0.15) is 0 Å². The molecule has 140 valence electrons. The van der Waals surface area contributed by atoms with Gasteiger partial charge in [0.25, 0.3) is 11.6 Å². The van der Waals surface area contributed by atoms with Gasteiger partial charge in [0.2, 0.25) is 0 Å². The van der Waals surface area contributed by atoms with E-state index in [0.29, 0.717) is 19.8 Å². The summed E-state index contributed by atoms with van der Waals surface area (Å²) in [7, 11) is 0. The van der Waals surface area contributed by atoms with Crippen molar-refractivity contribution < 1.29 is 14.5 Å². The number of ether oxygens (including phenoxy) is 1. The number of morpholine rings is 1. The first-order chi connectivity index (χ1) is 13.0. The van der Waals surface area contributed by atoms with Crippen molar-refractivity contribution in [3.05, 3.63) is 68.7 Å². The van der Waals surface area contributed by atoms with Gasteiger partial charge in [-0.3, -0.25) is 19.8 Å². The molecule has 0 saturated carbocycles. The Morgan fingerprint density at radius 1 is 1.26 bits per heavy atom. The standard InChI is InChI=1S/C19H18ClN3O4/c20-17-9-14(23(25)26)5-6-16(17)19(24)22-11-15-12-27-8-7-21(15)10-13-3-1-2-4-18(13)22/h1-6,9,15H,7-8,10-12H2/t15-/m0/s1. The number of rotatable bonds is 2. The zero-order valence-corrected chi connectivity index (χ0v) is 15.3. The molecule has 27 heavy (non-hydrogen) atoms. The van der Waals surface area contributed by atoms with E-state index in [1.54, 1.807) is 4.90 Å². The minimum absolute atomic E-state index is 0.0766. The Bertz CT molecular complexity index is 904. The van der Waals surface area contributed by atoms with Gasteiger partial charge in [0.05, 0.1) is 34.8 Å². The molecule has 0 N–H and O–H groups in total. The lowest BCUT2D eigenvalue weighted by Gasteiger charge is -2.35. The Labute approximate surface area is 161 Å². The van der Waals surface area contributed by atoms with Gasteiger partial charge in [0.1, 0.15) is 0 Å². The molecule has 4 rings (SSSR count). The summed E-state index contributed by atoms with van der Waals surface area (Å²) in [5.41, 5.74) is 2.02. The summed E-state index contributed by atoms with van der Waals surface area (Å²) in [5.74, 6) is -0.269. The highest BCUT2D eigenvalue weighted by atomic mass is 35.5. The van der Waals surface area contributed by atoms with Crippen molar-refractivity contribution >= 4 is 28.9 Å².